The molecule has 1 N–H and O–H groups in total. The van der Waals surface area contributed by atoms with Crippen LogP contribution in [0.4, 0.5) is 5.69 Å². The summed E-state index contributed by atoms with van der Waals surface area (Å²) in [5.41, 5.74) is 1.51. The molecule has 0 aliphatic heterocycles. The van der Waals surface area contributed by atoms with Crippen LogP contribution in [-0.4, -0.2) is 8.42 Å². The first-order valence-electron chi connectivity index (χ1n) is 7.48. The fourth-order valence-corrected chi connectivity index (χ4v) is 3.27. The van der Waals surface area contributed by atoms with E-state index in [-0.39, 0.29) is 4.90 Å². The molecular weight excluding hydrogens is 322 g/mol. The number of hydrogen-bond acceptors (Lipinski definition) is 3. The van der Waals surface area contributed by atoms with E-state index < -0.39 is 10.0 Å². The van der Waals surface area contributed by atoms with Crippen molar-refractivity contribution in [2.75, 3.05) is 4.72 Å². The zero-order valence-corrected chi connectivity index (χ0v) is 13.7. The van der Waals surface area contributed by atoms with Crippen LogP contribution >= 0.6 is 0 Å². The Hall–Kier alpha value is -2.79. The zero-order chi connectivity index (χ0) is 16.8. The van der Waals surface area contributed by atoms with Gasteiger partial charge in [0.2, 0.25) is 0 Å². The second kappa shape index (κ2) is 7.19. The van der Waals surface area contributed by atoms with Crippen LogP contribution in [-0.2, 0) is 16.6 Å². The Labute approximate surface area is 141 Å². The summed E-state index contributed by atoms with van der Waals surface area (Å²) in [6, 6.07) is 25.0. The fourth-order valence-electron chi connectivity index (χ4n) is 2.20. The molecule has 0 aromatic heterocycles. The number of rotatable bonds is 6. The van der Waals surface area contributed by atoms with E-state index in [1.807, 2.05) is 30.3 Å². The van der Waals surface area contributed by atoms with Gasteiger partial charge in [0.05, 0.1) is 10.6 Å². The monoisotopic (exact) mass is 339 g/mol. The lowest BCUT2D eigenvalue weighted by Crippen LogP contribution is -2.12. The highest BCUT2D eigenvalue weighted by Gasteiger charge is 2.13. The molecule has 0 bridgehead atoms. The molecule has 0 unspecified atom stereocenters. The zero-order valence-electron chi connectivity index (χ0n) is 12.9. The van der Waals surface area contributed by atoms with E-state index in [0.717, 1.165) is 5.56 Å². The molecule has 0 atom stereocenters. The fraction of sp³-hybridized carbons (Fsp3) is 0.0526. The summed E-state index contributed by atoms with van der Waals surface area (Å²) in [5, 5.41) is 0. The smallest absolute Gasteiger partial charge is 0.261 e. The lowest BCUT2D eigenvalue weighted by atomic mass is 10.2. The van der Waals surface area contributed by atoms with Crippen LogP contribution in [0.5, 0.6) is 5.75 Å². The molecule has 4 nitrogen and oxygen atoms in total. The Bertz CT molecular complexity index is 894. The third-order valence-electron chi connectivity index (χ3n) is 3.39. The molecule has 0 radical (unpaired) electrons. The van der Waals surface area contributed by atoms with Crippen molar-refractivity contribution in [3.8, 4) is 5.75 Å². The van der Waals surface area contributed by atoms with Gasteiger partial charge < -0.3 is 4.74 Å². The molecule has 24 heavy (non-hydrogen) atoms. The van der Waals surface area contributed by atoms with Crippen LogP contribution in [0.1, 0.15) is 5.56 Å². The van der Waals surface area contributed by atoms with E-state index in [0.29, 0.717) is 18.0 Å². The maximum atomic E-state index is 12.3. The molecule has 0 fully saturated rings. The maximum Gasteiger partial charge on any atom is 0.261 e. The van der Waals surface area contributed by atoms with Crippen molar-refractivity contribution in [1.82, 2.24) is 0 Å². The van der Waals surface area contributed by atoms with Crippen LogP contribution in [0, 0.1) is 0 Å². The molecule has 0 spiro atoms. The van der Waals surface area contributed by atoms with Crippen molar-refractivity contribution >= 4 is 15.7 Å². The van der Waals surface area contributed by atoms with Crippen molar-refractivity contribution in [1.29, 1.82) is 0 Å². The average Bonchev–Trinajstić information content (AvgIpc) is 2.62. The molecule has 0 saturated heterocycles. The van der Waals surface area contributed by atoms with E-state index in [4.69, 9.17) is 4.74 Å². The number of ether oxygens (including phenoxy) is 1. The van der Waals surface area contributed by atoms with E-state index >= 15 is 0 Å². The molecule has 0 heterocycles. The first kappa shape index (κ1) is 16.1. The van der Waals surface area contributed by atoms with Crippen molar-refractivity contribution in [3.05, 3.63) is 90.5 Å². The summed E-state index contributed by atoms with van der Waals surface area (Å²) in [6.45, 7) is 0.426. The Balaban J connectivity index is 1.71. The molecule has 0 aliphatic carbocycles. The van der Waals surface area contributed by atoms with Crippen LogP contribution in [0.2, 0.25) is 0 Å². The molecule has 0 aliphatic rings. The lowest BCUT2D eigenvalue weighted by Gasteiger charge is -2.10. The highest BCUT2D eigenvalue weighted by Crippen LogP contribution is 2.21. The number of anilines is 1. The quantitative estimate of drug-likeness (QED) is 0.736. The topological polar surface area (TPSA) is 55.4 Å². The lowest BCUT2D eigenvalue weighted by molar-refractivity contribution is 0.306. The summed E-state index contributed by atoms with van der Waals surface area (Å²) in [4.78, 5) is 0.223. The predicted molar refractivity (Wildman–Crippen MR) is 94.5 cm³/mol. The van der Waals surface area contributed by atoms with Gasteiger partial charge in [-0.15, -0.1) is 0 Å². The molecule has 3 rings (SSSR count). The Morgan fingerprint density at radius 2 is 1.46 bits per heavy atom. The largest absolute Gasteiger partial charge is 0.489 e. The number of nitrogens with one attached hydrogen (secondary N) is 1. The van der Waals surface area contributed by atoms with E-state index in [1.54, 1.807) is 54.6 Å². The average molecular weight is 339 g/mol. The minimum Gasteiger partial charge on any atom is -0.489 e. The second-order valence-electron chi connectivity index (χ2n) is 5.22. The minimum absolute atomic E-state index is 0.223. The van der Waals surface area contributed by atoms with Gasteiger partial charge in [-0.25, -0.2) is 8.42 Å². The van der Waals surface area contributed by atoms with Crippen LogP contribution in [0.15, 0.2) is 89.8 Å². The summed E-state index contributed by atoms with van der Waals surface area (Å²) in [6.07, 6.45) is 0. The molecule has 3 aromatic carbocycles. The van der Waals surface area contributed by atoms with Crippen molar-refractivity contribution in [2.45, 2.75) is 11.5 Å². The van der Waals surface area contributed by atoms with Gasteiger partial charge in [0.25, 0.3) is 10.0 Å². The molecule has 5 heteroatoms. The maximum absolute atomic E-state index is 12.3. The van der Waals surface area contributed by atoms with Crippen molar-refractivity contribution in [2.24, 2.45) is 0 Å². The Morgan fingerprint density at radius 1 is 0.792 bits per heavy atom. The minimum atomic E-state index is -3.60. The third-order valence-corrected chi connectivity index (χ3v) is 4.79. The standard InChI is InChI=1S/C19H17NO3S/c21-24(22,19-12-5-2-6-13-19)20-17-10-7-11-18(14-17)23-15-16-8-3-1-4-9-16/h1-14,20H,15H2. The number of hydrogen-bond donors (Lipinski definition) is 1. The SMILES string of the molecule is O=S(=O)(Nc1cccc(OCc2ccccc2)c1)c1ccccc1. The second-order valence-corrected chi connectivity index (χ2v) is 6.90. The first-order chi connectivity index (χ1) is 11.6. The van der Waals surface area contributed by atoms with Crippen LogP contribution < -0.4 is 9.46 Å². The predicted octanol–water partition coefficient (Wildman–Crippen LogP) is 4.07. The van der Waals surface area contributed by atoms with Gasteiger partial charge in [0, 0.05) is 6.07 Å². The van der Waals surface area contributed by atoms with Gasteiger partial charge in [0.1, 0.15) is 12.4 Å². The molecule has 0 amide bonds. The number of benzene rings is 3. The van der Waals surface area contributed by atoms with Crippen molar-refractivity contribution in [3.63, 3.8) is 0 Å². The van der Waals surface area contributed by atoms with E-state index in [9.17, 15) is 8.42 Å². The van der Waals surface area contributed by atoms with Gasteiger partial charge in [-0.2, -0.15) is 0 Å². The summed E-state index contributed by atoms with van der Waals surface area (Å²) in [5.74, 6) is 0.604. The summed E-state index contributed by atoms with van der Waals surface area (Å²) in [7, 11) is -3.60. The molecule has 122 valence electrons. The van der Waals surface area contributed by atoms with Crippen molar-refractivity contribution < 1.29 is 13.2 Å². The van der Waals surface area contributed by atoms with E-state index in [1.165, 1.54) is 0 Å². The molecule has 3 aromatic rings. The Morgan fingerprint density at radius 3 is 2.17 bits per heavy atom. The van der Waals surface area contributed by atoms with Crippen LogP contribution in [0.25, 0.3) is 0 Å². The van der Waals surface area contributed by atoms with Gasteiger partial charge >= 0.3 is 0 Å². The van der Waals surface area contributed by atoms with Gasteiger partial charge in [0.15, 0.2) is 0 Å². The van der Waals surface area contributed by atoms with E-state index in [2.05, 4.69) is 4.72 Å². The first-order valence-corrected chi connectivity index (χ1v) is 8.96. The molecule has 0 saturated carbocycles. The molecular formula is C19H17NO3S. The van der Waals surface area contributed by atoms with Crippen LogP contribution in [0.3, 0.4) is 0 Å². The number of sulfonamides is 1. The van der Waals surface area contributed by atoms with Gasteiger partial charge in [-0.3, -0.25) is 4.72 Å². The summed E-state index contributed by atoms with van der Waals surface area (Å²) < 4.78 is 33.0. The van der Waals surface area contributed by atoms with Gasteiger partial charge in [-0.1, -0.05) is 54.6 Å². The Kier molecular flexibility index (Phi) is 4.82. The highest BCUT2D eigenvalue weighted by molar-refractivity contribution is 7.92. The highest BCUT2D eigenvalue weighted by atomic mass is 32.2. The normalized spacial score (nSPS) is 11.0. The third kappa shape index (κ3) is 4.14. The summed E-state index contributed by atoms with van der Waals surface area (Å²) >= 11 is 0. The van der Waals surface area contributed by atoms with Gasteiger partial charge in [-0.05, 0) is 29.8 Å².